The molecule has 1 aromatic heterocycles. The van der Waals surface area contributed by atoms with Crippen molar-refractivity contribution in [3.8, 4) is 17.0 Å². The molecule has 240 valence electrons. The van der Waals surface area contributed by atoms with Crippen LogP contribution < -0.4 is 21.1 Å². The molecule has 0 spiro atoms. The van der Waals surface area contributed by atoms with E-state index >= 15 is 0 Å². The molecule has 2 amide bonds. The largest absolute Gasteiger partial charge is 0.478 e. The number of hydrogen-bond acceptors (Lipinski definition) is 9. The Kier molecular flexibility index (Phi) is 11.0. The maximum absolute atomic E-state index is 13.5. The van der Waals surface area contributed by atoms with Crippen LogP contribution in [0.4, 0.5) is 5.69 Å². The number of amides is 2. The predicted octanol–water partition coefficient (Wildman–Crippen LogP) is 3.89. The number of anilines is 1. The summed E-state index contributed by atoms with van der Waals surface area (Å²) in [6.45, 7) is 7.31. The number of carboxylic acids is 1. The quantitative estimate of drug-likeness (QED) is 0.103. The maximum Gasteiger partial charge on any atom is 0.336 e. The molecule has 1 heterocycles. The summed E-state index contributed by atoms with van der Waals surface area (Å²) >= 11 is 0. The Morgan fingerprint density at radius 3 is 2.18 bits per heavy atom. The van der Waals surface area contributed by atoms with E-state index in [1.165, 1.54) is 30.3 Å². The summed E-state index contributed by atoms with van der Waals surface area (Å²) in [4.78, 5) is 43.5. The first-order valence-electron chi connectivity index (χ1n) is 13.9. The van der Waals surface area contributed by atoms with Gasteiger partial charge in [-0.3, -0.25) is 19.2 Å². The summed E-state index contributed by atoms with van der Waals surface area (Å²) in [6.07, 6.45) is 1.60. The number of carboxylic acid groups (broad SMARTS) is 1. The number of carbonyl (C=O) groups is 3. The lowest BCUT2D eigenvalue weighted by Crippen LogP contribution is -2.47. The predicted molar refractivity (Wildman–Crippen MR) is 169 cm³/mol. The minimum absolute atomic E-state index is 0.00261. The number of rotatable bonds is 13. The van der Waals surface area contributed by atoms with Crippen LogP contribution in [0.5, 0.6) is 5.88 Å². The number of nitrogen functional groups attached to an aromatic ring is 1. The van der Waals surface area contributed by atoms with Gasteiger partial charge in [0.05, 0.1) is 31.1 Å². The Bertz CT molecular complexity index is 1700. The molecule has 0 fully saturated rings. The van der Waals surface area contributed by atoms with Gasteiger partial charge in [-0.1, -0.05) is 33.8 Å². The zero-order chi connectivity index (χ0) is 33.5. The highest BCUT2D eigenvalue weighted by atomic mass is 32.2. The van der Waals surface area contributed by atoms with Crippen molar-refractivity contribution in [3.63, 3.8) is 0 Å². The number of nitrogens with one attached hydrogen (secondary N) is 3. The number of pyridine rings is 1. The molecule has 13 nitrogen and oxygen atoms in total. The van der Waals surface area contributed by atoms with E-state index in [1.807, 2.05) is 6.92 Å². The van der Waals surface area contributed by atoms with Crippen LogP contribution in [0, 0.1) is 10.8 Å². The number of aromatic nitrogens is 1. The van der Waals surface area contributed by atoms with Gasteiger partial charge in [0.15, 0.2) is 0 Å². The Balaban J connectivity index is 2.02. The van der Waals surface area contributed by atoms with Gasteiger partial charge < -0.3 is 26.2 Å². The van der Waals surface area contributed by atoms with Crippen molar-refractivity contribution in [1.29, 1.82) is 5.41 Å². The van der Waals surface area contributed by atoms with Crippen molar-refractivity contribution in [2.45, 2.75) is 40.2 Å². The van der Waals surface area contributed by atoms with Crippen LogP contribution in [-0.4, -0.2) is 67.6 Å². The fraction of sp³-hybridized carbons (Fsp3) is 0.323. The van der Waals surface area contributed by atoms with Gasteiger partial charge in [0.25, 0.3) is 21.9 Å². The van der Waals surface area contributed by atoms with E-state index in [0.29, 0.717) is 24.3 Å². The van der Waals surface area contributed by atoms with Crippen LogP contribution in [0.2, 0.25) is 0 Å². The lowest BCUT2D eigenvalue weighted by atomic mass is 9.87. The summed E-state index contributed by atoms with van der Waals surface area (Å²) in [7, 11) is -3.77. The molecule has 0 bridgehead atoms. The number of nitrogens with two attached hydrogens (primary N) is 1. The van der Waals surface area contributed by atoms with Crippen molar-refractivity contribution >= 4 is 39.4 Å². The topological polar surface area (TPSA) is 211 Å². The molecule has 3 aromatic rings. The first kappa shape index (κ1) is 34.7. The third kappa shape index (κ3) is 9.58. The van der Waals surface area contributed by atoms with E-state index in [-0.39, 0.29) is 46.3 Å². The molecule has 0 aliphatic carbocycles. The standard InChI is InChI=1S/C31H37N5O8S/c1-6-15-43-25-14-13-22(26(36-25)29(38)34-20-10-7-18(8-11-20)27(32)33)21-12-9-19(16-23(21)30(39)40)28(37)35-24(31(2,3)4)17-44-45(5,41)42/h7-14,16,24H,6,15,17H2,1-5H3,(H3,32,33)(H,34,38)(H,35,37)(H,39,40)/t24-/m1/s1. The van der Waals surface area contributed by atoms with Crippen LogP contribution in [0.3, 0.4) is 0 Å². The highest BCUT2D eigenvalue weighted by Crippen LogP contribution is 2.30. The van der Waals surface area contributed by atoms with E-state index in [1.54, 1.807) is 45.0 Å². The zero-order valence-corrected chi connectivity index (χ0v) is 26.4. The molecule has 2 aromatic carbocycles. The molecule has 6 N–H and O–H groups in total. The second kappa shape index (κ2) is 14.3. The Morgan fingerprint density at radius 2 is 1.62 bits per heavy atom. The van der Waals surface area contributed by atoms with Crippen LogP contribution in [0.25, 0.3) is 11.1 Å². The zero-order valence-electron chi connectivity index (χ0n) is 25.6. The molecule has 0 radical (unpaired) electrons. The van der Waals surface area contributed by atoms with Crippen molar-refractivity contribution < 1.29 is 36.8 Å². The lowest BCUT2D eigenvalue weighted by Gasteiger charge is -2.31. The highest BCUT2D eigenvalue weighted by molar-refractivity contribution is 7.85. The van der Waals surface area contributed by atoms with Crippen molar-refractivity contribution in [3.05, 3.63) is 77.0 Å². The molecule has 0 aliphatic heterocycles. The minimum atomic E-state index is -3.77. The van der Waals surface area contributed by atoms with E-state index < -0.39 is 39.4 Å². The maximum atomic E-state index is 13.5. The van der Waals surface area contributed by atoms with Gasteiger partial charge in [-0.2, -0.15) is 8.42 Å². The third-order valence-electron chi connectivity index (χ3n) is 6.59. The Hall–Kier alpha value is -4.82. The van der Waals surface area contributed by atoms with E-state index in [2.05, 4.69) is 15.6 Å². The lowest BCUT2D eigenvalue weighted by molar-refractivity contribution is 0.0697. The molecule has 0 unspecified atom stereocenters. The number of amidine groups is 1. The average Bonchev–Trinajstić information content (AvgIpc) is 2.96. The van der Waals surface area contributed by atoms with Gasteiger partial charge in [0, 0.05) is 28.4 Å². The summed E-state index contributed by atoms with van der Waals surface area (Å²) < 4.78 is 33.6. The van der Waals surface area contributed by atoms with E-state index in [0.717, 1.165) is 6.26 Å². The number of ether oxygens (including phenoxy) is 1. The van der Waals surface area contributed by atoms with Gasteiger partial charge in [-0.05, 0) is 59.9 Å². The number of benzene rings is 2. The molecular weight excluding hydrogens is 602 g/mol. The van der Waals surface area contributed by atoms with Gasteiger partial charge >= 0.3 is 5.97 Å². The summed E-state index contributed by atoms with van der Waals surface area (Å²) in [6, 6.07) is 12.5. The molecule has 14 heteroatoms. The molecular formula is C31H37N5O8S. The molecule has 1 atom stereocenters. The number of aromatic carboxylic acids is 1. The molecule has 0 saturated carbocycles. The number of nitrogens with zero attached hydrogens (tertiary/aromatic N) is 1. The molecule has 3 rings (SSSR count). The highest BCUT2D eigenvalue weighted by Gasteiger charge is 2.29. The molecule has 0 saturated heterocycles. The van der Waals surface area contributed by atoms with Gasteiger partial charge in [0.2, 0.25) is 5.88 Å². The van der Waals surface area contributed by atoms with Gasteiger partial charge in [-0.15, -0.1) is 0 Å². The summed E-state index contributed by atoms with van der Waals surface area (Å²) in [5.74, 6) is -2.62. The fourth-order valence-corrected chi connectivity index (χ4v) is 4.46. The summed E-state index contributed by atoms with van der Waals surface area (Å²) in [5, 5.41) is 23.1. The van der Waals surface area contributed by atoms with Crippen LogP contribution in [-0.2, 0) is 14.3 Å². The van der Waals surface area contributed by atoms with Crippen molar-refractivity contribution in [2.75, 3.05) is 24.8 Å². The van der Waals surface area contributed by atoms with Crippen molar-refractivity contribution in [1.82, 2.24) is 10.3 Å². The van der Waals surface area contributed by atoms with Gasteiger partial charge in [0.1, 0.15) is 11.5 Å². The molecule has 45 heavy (non-hydrogen) atoms. The van der Waals surface area contributed by atoms with E-state index in [4.69, 9.17) is 20.1 Å². The van der Waals surface area contributed by atoms with E-state index in [9.17, 15) is 27.9 Å². The van der Waals surface area contributed by atoms with Crippen molar-refractivity contribution in [2.24, 2.45) is 11.1 Å². The SMILES string of the molecule is CCCOc1ccc(-c2ccc(C(=O)N[C@H](COS(C)(=O)=O)C(C)(C)C)cc2C(=O)O)c(C(=O)Nc2ccc(C(=N)N)cc2)n1. The number of hydrogen-bond donors (Lipinski definition) is 5. The van der Waals surface area contributed by atoms with Crippen LogP contribution >= 0.6 is 0 Å². The fourth-order valence-electron chi connectivity index (χ4n) is 4.08. The number of carbonyl (C=O) groups excluding carboxylic acids is 2. The minimum Gasteiger partial charge on any atom is -0.478 e. The monoisotopic (exact) mass is 639 g/mol. The van der Waals surface area contributed by atoms with Crippen LogP contribution in [0.15, 0.2) is 54.6 Å². The first-order valence-corrected chi connectivity index (χ1v) is 15.7. The summed E-state index contributed by atoms with van der Waals surface area (Å²) in [5.41, 5.74) is 5.66. The van der Waals surface area contributed by atoms with Crippen LogP contribution in [0.1, 0.15) is 70.9 Å². The second-order valence-electron chi connectivity index (χ2n) is 11.3. The Labute approximate surface area is 261 Å². The normalized spacial score (nSPS) is 12.2. The second-order valence-corrected chi connectivity index (χ2v) is 12.9. The Morgan fingerprint density at radius 1 is 1.00 bits per heavy atom. The average molecular weight is 640 g/mol. The smallest absolute Gasteiger partial charge is 0.336 e. The van der Waals surface area contributed by atoms with Gasteiger partial charge in [-0.25, -0.2) is 9.78 Å². The molecule has 0 aliphatic rings. The third-order valence-corrected chi connectivity index (χ3v) is 7.16. The first-order chi connectivity index (χ1) is 21.0.